The summed E-state index contributed by atoms with van der Waals surface area (Å²) in [7, 11) is -2.97. The summed E-state index contributed by atoms with van der Waals surface area (Å²) < 4.78 is 30.6. The third-order valence-electron chi connectivity index (χ3n) is 6.82. The zero-order valence-corrected chi connectivity index (χ0v) is 26.9. The van der Waals surface area contributed by atoms with Crippen LogP contribution in [-0.2, 0) is 13.0 Å². The highest BCUT2D eigenvalue weighted by Crippen LogP contribution is 2.50. The number of halogens is 2. The molecule has 1 heterocycles. The minimum absolute atomic E-state index is 0.265. The van der Waals surface area contributed by atoms with E-state index < -0.39 is 22.9 Å². The van der Waals surface area contributed by atoms with Gasteiger partial charge < -0.3 is 20.5 Å². The van der Waals surface area contributed by atoms with Crippen molar-refractivity contribution in [1.29, 1.82) is 0 Å². The average Bonchev–Trinajstić information content (AvgIpc) is 2.92. The van der Waals surface area contributed by atoms with E-state index in [4.69, 9.17) is 4.74 Å². The van der Waals surface area contributed by atoms with Crippen molar-refractivity contribution < 1.29 is 23.7 Å². The maximum absolute atomic E-state index is 13.6. The van der Waals surface area contributed by atoms with E-state index in [1.165, 1.54) is 0 Å². The standard InChI is InChI=1S/C30H37Br2N3O5S/c1-2-40-27-16-23(15-26(18-27)35-10-6-7-11-41(35,38)39)30(37)34-28(14-21-8-4-3-5-9-21)29(36)20-33-19-22-12-24(31)17-25(32)13-22/h3-5,8-9,12-13,15-18,28-29,33,36,38-39H,2,6-7,10-11,14,19-20H2,1H3,(H,34,37)/t28-,29+/m0/s1. The second kappa shape index (κ2) is 14.9. The molecule has 0 radical (unpaired) electrons. The fourth-order valence-corrected chi connectivity index (χ4v) is 7.90. The molecule has 0 bridgehead atoms. The van der Waals surface area contributed by atoms with Crippen LogP contribution in [0.1, 0.15) is 41.3 Å². The number of rotatable bonds is 12. The van der Waals surface area contributed by atoms with E-state index in [1.54, 1.807) is 22.5 Å². The molecule has 11 heteroatoms. The van der Waals surface area contributed by atoms with Gasteiger partial charge in [-0.1, -0.05) is 62.2 Å². The van der Waals surface area contributed by atoms with Gasteiger partial charge in [-0.25, -0.2) is 0 Å². The Hall–Kier alpha value is -2.12. The van der Waals surface area contributed by atoms with E-state index >= 15 is 0 Å². The molecule has 5 N–H and O–H groups in total. The van der Waals surface area contributed by atoms with E-state index in [1.807, 2.05) is 55.5 Å². The lowest BCUT2D eigenvalue weighted by atomic mass is 10.00. The lowest BCUT2D eigenvalue weighted by Crippen LogP contribution is -2.48. The molecule has 3 aromatic rings. The number of aliphatic hydroxyl groups is 1. The molecule has 2 atom stereocenters. The summed E-state index contributed by atoms with van der Waals surface area (Å²) in [5.74, 6) is 0.387. The van der Waals surface area contributed by atoms with Gasteiger partial charge in [0.1, 0.15) is 5.75 Å². The van der Waals surface area contributed by atoms with Crippen LogP contribution in [0.3, 0.4) is 0 Å². The van der Waals surface area contributed by atoms with Crippen molar-refractivity contribution in [1.82, 2.24) is 10.6 Å². The highest BCUT2D eigenvalue weighted by Gasteiger charge is 2.29. The highest BCUT2D eigenvalue weighted by molar-refractivity contribution is 9.11. The predicted octanol–water partition coefficient (Wildman–Crippen LogP) is 6.37. The van der Waals surface area contributed by atoms with Gasteiger partial charge >= 0.3 is 0 Å². The van der Waals surface area contributed by atoms with Crippen molar-refractivity contribution in [2.24, 2.45) is 0 Å². The van der Waals surface area contributed by atoms with Crippen molar-refractivity contribution >= 4 is 54.2 Å². The molecule has 8 nitrogen and oxygen atoms in total. The van der Waals surface area contributed by atoms with E-state index in [2.05, 4.69) is 42.5 Å². The monoisotopic (exact) mass is 709 g/mol. The third kappa shape index (κ3) is 9.18. The van der Waals surface area contributed by atoms with E-state index in [9.17, 15) is 19.0 Å². The van der Waals surface area contributed by atoms with Crippen LogP contribution in [0.25, 0.3) is 0 Å². The first-order chi connectivity index (χ1) is 19.6. The number of hydrogen-bond donors (Lipinski definition) is 5. The highest BCUT2D eigenvalue weighted by atomic mass is 79.9. The number of hydrogen-bond acceptors (Lipinski definition) is 7. The predicted molar refractivity (Wildman–Crippen MR) is 173 cm³/mol. The SMILES string of the molecule is CCOc1cc(C(=O)N[C@@H](Cc2ccccc2)[C@H](O)CNCc2cc(Br)cc(Br)c2)cc(N2CCCCS2(O)O)c1. The number of ether oxygens (including phenoxy) is 1. The molecule has 1 aliphatic heterocycles. The van der Waals surface area contributed by atoms with Crippen LogP contribution in [0.4, 0.5) is 5.69 Å². The van der Waals surface area contributed by atoms with Gasteiger partial charge in [0.2, 0.25) is 0 Å². The Bertz CT molecular complexity index is 1290. The number of carbonyl (C=O) groups is 1. The molecule has 3 aromatic carbocycles. The fourth-order valence-electron chi connectivity index (χ4n) is 4.84. The van der Waals surface area contributed by atoms with Crippen molar-refractivity contribution in [3.05, 3.63) is 92.4 Å². The Morgan fingerprint density at radius 3 is 2.44 bits per heavy atom. The zero-order valence-electron chi connectivity index (χ0n) is 22.9. The largest absolute Gasteiger partial charge is 0.494 e. The number of benzene rings is 3. The second-order valence-corrected chi connectivity index (χ2v) is 14.0. The summed E-state index contributed by atoms with van der Waals surface area (Å²) in [6.07, 6.45) is 1.12. The Labute approximate surface area is 260 Å². The normalized spacial score (nSPS) is 17.0. The summed E-state index contributed by atoms with van der Waals surface area (Å²) in [6, 6.07) is 20.2. The molecule has 0 unspecified atom stereocenters. The van der Waals surface area contributed by atoms with Gasteiger partial charge in [-0.3, -0.25) is 18.2 Å². The minimum Gasteiger partial charge on any atom is -0.494 e. The topological polar surface area (TPSA) is 114 Å². The van der Waals surface area contributed by atoms with Crippen LogP contribution < -0.4 is 19.7 Å². The third-order valence-corrected chi connectivity index (χ3v) is 9.67. The van der Waals surface area contributed by atoms with Gasteiger partial charge in [0.15, 0.2) is 0 Å². The Balaban J connectivity index is 1.53. The molecule has 1 saturated heterocycles. The number of carbonyl (C=O) groups excluding carboxylic acids is 1. The van der Waals surface area contributed by atoms with Crippen molar-refractivity contribution in [3.63, 3.8) is 0 Å². The number of anilines is 1. The van der Waals surface area contributed by atoms with Crippen molar-refractivity contribution in [2.45, 2.75) is 44.9 Å². The van der Waals surface area contributed by atoms with Crippen LogP contribution >= 0.6 is 42.6 Å². The molecule has 1 amide bonds. The van der Waals surface area contributed by atoms with E-state index in [0.717, 1.165) is 32.9 Å². The lowest BCUT2D eigenvalue weighted by Gasteiger charge is -2.47. The van der Waals surface area contributed by atoms with E-state index in [0.29, 0.717) is 48.9 Å². The summed E-state index contributed by atoms with van der Waals surface area (Å²) in [4.78, 5) is 13.6. The first-order valence-electron chi connectivity index (χ1n) is 13.6. The molecule has 41 heavy (non-hydrogen) atoms. The number of amides is 1. The maximum Gasteiger partial charge on any atom is 0.251 e. The zero-order chi connectivity index (χ0) is 29.4. The molecule has 1 fully saturated rings. The van der Waals surface area contributed by atoms with Gasteiger partial charge in [-0.2, -0.15) is 0 Å². The molecule has 222 valence electrons. The molecule has 0 aromatic heterocycles. The van der Waals surface area contributed by atoms with Crippen molar-refractivity contribution in [3.8, 4) is 5.75 Å². The quantitative estimate of drug-likeness (QED) is 0.149. The van der Waals surface area contributed by atoms with Crippen LogP contribution in [0.5, 0.6) is 5.75 Å². The number of nitrogens with zero attached hydrogens (tertiary/aromatic N) is 1. The van der Waals surface area contributed by atoms with Gasteiger partial charge in [0.05, 0.1) is 30.2 Å². The van der Waals surface area contributed by atoms with Crippen LogP contribution in [0.2, 0.25) is 0 Å². The van der Waals surface area contributed by atoms with Gasteiger partial charge in [-0.15, -0.1) is 10.8 Å². The molecule has 0 aliphatic carbocycles. The average molecular weight is 712 g/mol. The molecule has 0 spiro atoms. The summed E-state index contributed by atoms with van der Waals surface area (Å²) >= 11 is 7.00. The molecule has 1 aliphatic rings. The Morgan fingerprint density at radius 1 is 1.02 bits per heavy atom. The lowest BCUT2D eigenvalue weighted by molar-refractivity contribution is 0.0829. The minimum atomic E-state index is -2.97. The smallest absolute Gasteiger partial charge is 0.251 e. The number of nitrogens with one attached hydrogen (secondary N) is 2. The number of aliphatic hydroxyl groups excluding tert-OH is 1. The fraction of sp³-hybridized carbons (Fsp3) is 0.367. The molecule has 0 saturated carbocycles. The first-order valence-corrected chi connectivity index (χ1v) is 16.9. The summed E-state index contributed by atoms with van der Waals surface area (Å²) in [5.41, 5.74) is 2.89. The summed E-state index contributed by atoms with van der Waals surface area (Å²) in [6.45, 7) is 3.54. The Kier molecular flexibility index (Phi) is 11.5. The van der Waals surface area contributed by atoms with Gasteiger partial charge in [0.25, 0.3) is 5.91 Å². The van der Waals surface area contributed by atoms with Crippen LogP contribution in [0.15, 0.2) is 75.7 Å². The summed E-state index contributed by atoms with van der Waals surface area (Å²) in [5, 5.41) is 17.6. The van der Waals surface area contributed by atoms with Crippen molar-refractivity contribution in [2.75, 3.05) is 29.8 Å². The first kappa shape index (κ1) is 31.8. The van der Waals surface area contributed by atoms with Gasteiger partial charge in [0, 0.05) is 40.2 Å². The van der Waals surface area contributed by atoms with Crippen LogP contribution in [-0.4, -0.2) is 57.7 Å². The Morgan fingerprint density at radius 2 is 1.76 bits per heavy atom. The maximum atomic E-state index is 13.6. The molecular weight excluding hydrogens is 674 g/mol. The molecular formula is C30H37Br2N3O5S. The van der Waals surface area contributed by atoms with E-state index in [-0.39, 0.29) is 12.5 Å². The van der Waals surface area contributed by atoms with Gasteiger partial charge in [-0.05, 0) is 67.6 Å². The second-order valence-electron chi connectivity index (χ2n) is 10.0. The molecule has 4 rings (SSSR count). The van der Waals surface area contributed by atoms with Crippen LogP contribution in [0, 0.1) is 0 Å².